The predicted molar refractivity (Wildman–Crippen MR) is 66.4 cm³/mol. The molecular formula is C12H20N2S. The fourth-order valence-electron chi connectivity index (χ4n) is 2.12. The molecule has 2 nitrogen and oxygen atoms in total. The molecule has 0 spiro atoms. The number of nitrogens with zero attached hydrogens (tertiary/aromatic N) is 1. The van der Waals surface area contributed by atoms with Crippen LogP contribution in [0.5, 0.6) is 0 Å². The van der Waals surface area contributed by atoms with E-state index in [0.29, 0.717) is 6.04 Å². The molecule has 1 aliphatic heterocycles. The average Bonchev–Trinajstić information content (AvgIpc) is 2.69. The van der Waals surface area contributed by atoms with Gasteiger partial charge in [-0.1, -0.05) is 6.92 Å². The van der Waals surface area contributed by atoms with Gasteiger partial charge in [-0.3, -0.25) is 4.90 Å². The second kappa shape index (κ2) is 5.10. The van der Waals surface area contributed by atoms with Crippen LogP contribution in [-0.2, 0) is 13.0 Å². The smallest absolute Gasteiger partial charge is 0.0334 e. The van der Waals surface area contributed by atoms with Crippen LogP contribution in [-0.4, -0.2) is 30.6 Å². The Bertz CT molecular complexity index is 308. The molecule has 1 N–H and O–H groups in total. The third kappa shape index (κ3) is 2.60. The zero-order valence-corrected chi connectivity index (χ0v) is 10.4. The van der Waals surface area contributed by atoms with Crippen LogP contribution < -0.4 is 5.32 Å². The molecule has 2 heterocycles. The van der Waals surface area contributed by atoms with E-state index in [-0.39, 0.29) is 0 Å². The van der Waals surface area contributed by atoms with Crippen LogP contribution >= 0.6 is 11.3 Å². The van der Waals surface area contributed by atoms with Crippen molar-refractivity contribution in [3.63, 3.8) is 0 Å². The summed E-state index contributed by atoms with van der Waals surface area (Å²) < 4.78 is 0. The Morgan fingerprint density at radius 2 is 2.47 bits per heavy atom. The Morgan fingerprint density at radius 3 is 3.20 bits per heavy atom. The van der Waals surface area contributed by atoms with Gasteiger partial charge in [0.15, 0.2) is 0 Å². The normalized spacial score (nSPS) is 23.2. The minimum atomic E-state index is 0.672. The van der Waals surface area contributed by atoms with Crippen molar-refractivity contribution in [2.24, 2.45) is 0 Å². The van der Waals surface area contributed by atoms with Crippen LogP contribution in [0.1, 0.15) is 24.3 Å². The molecule has 84 valence electrons. The zero-order valence-electron chi connectivity index (χ0n) is 9.62. The van der Waals surface area contributed by atoms with E-state index in [1.807, 2.05) is 11.3 Å². The number of thiophene rings is 1. The summed E-state index contributed by atoms with van der Waals surface area (Å²) >= 11 is 1.91. The molecule has 1 unspecified atom stereocenters. The molecule has 0 aliphatic carbocycles. The van der Waals surface area contributed by atoms with Crippen LogP contribution in [0.25, 0.3) is 0 Å². The number of nitrogens with one attached hydrogen (secondary N) is 1. The van der Waals surface area contributed by atoms with Crippen LogP contribution in [0.15, 0.2) is 11.4 Å². The minimum Gasteiger partial charge on any atom is -0.314 e. The first kappa shape index (κ1) is 11.1. The van der Waals surface area contributed by atoms with Gasteiger partial charge in [-0.2, -0.15) is 0 Å². The first-order valence-corrected chi connectivity index (χ1v) is 6.69. The Kier molecular flexibility index (Phi) is 3.78. The lowest BCUT2D eigenvalue weighted by Gasteiger charge is -2.33. The van der Waals surface area contributed by atoms with Gasteiger partial charge >= 0.3 is 0 Å². The highest BCUT2D eigenvalue weighted by Crippen LogP contribution is 2.20. The summed E-state index contributed by atoms with van der Waals surface area (Å²) in [6.07, 6.45) is 1.17. The van der Waals surface area contributed by atoms with Gasteiger partial charge in [0.25, 0.3) is 0 Å². The standard InChI is InChI=1S/C12H20N2S/c1-3-11-4-7-15-12(11)9-14-6-5-13-8-10(14)2/h4,7,10,13H,3,5-6,8-9H2,1-2H3. The number of piperazine rings is 1. The SMILES string of the molecule is CCc1ccsc1CN1CCNCC1C. The van der Waals surface area contributed by atoms with Crippen molar-refractivity contribution in [3.8, 4) is 0 Å². The summed E-state index contributed by atoms with van der Waals surface area (Å²) in [5.41, 5.74) is 1.53. The van der Waals surface area contributed by atoms with Crippen molar-refractivity contribution >= 4 is 11.3 Å². The van der Waals surface area contributed by atoms with E-state index in [2.05, 4.69) is 35.5 Å². The van der Waals surface area contributed by atoms with Gasteiger partial charge in [-0.15, -0.1) is 11.3 Å². The van der Waals surface area contributed by atoms with Crippen molar-refractivity contribution in [2.75, 3.05) is 19.6 Å². The molecule has 0 saturated carbocycles. The molecule has 1 aliphatic rings. The highest BCUT2D eigenvalue weighted by Gasteiger charge is 2.18. The largest absolute Gasteiger partial charge is 0.314 e. The van der Waals surface area contributed by atoms with Crippen LogP contribution in [0.3, 0.4) is 0 Å². The maximum atomic E-state index is 3.43. The molecular weight excluding hydrogens is 204 g/mol. The molecule has 1 aromatic heterocycles. The van der Waals surface area contributed by atoms with E-state index >= 15 is 0 Å². The highest BCUT2D eigenvalue weighted by atomic mass is 32.1. The summed E-state index contributed by atoms with van der Waals surface area (Å²) in [6, 6.07) is 2.94. The van der Waals surface area contributed by atoms with Gasteiger partial charge in [0.05, 0.1) is 0 Å². The summed E-state index contributed by atoms with van der Waals surface area (Å²) in [7, 11) is 0. The summed E-state index contributed by atoms with van der Waals surface area (Å²) in [4.78, 5) is 4.15. The number of aryl methyl sites for hydroxylation is 1. The van der Waals surface area contributed by atoms with Crippen molar-refractivity contribution in [1.29, 1.82) is 0 Å². The van der Waals surface area contributed by atoms with Crippen molar-refractivity contribution in [3.05, 3.63) is 21.9 Å². The first-order valence-electron chi connectivity index (χ1n) is 5.81. The van der Waals surface area contributed by atoms with Gasteiger partial charge in [0.2, 0.25) is 0 Å². The van der Waals surface area contributed by atoms with Gasteiger partial charge < -0.3 is 5.32 Å². The van der Waals surface area contributed by atoms with E-state index < -0.39 is 0 Å². The third-order valence-corrected chi connectivity index (χ3v) is 4.15. The molecule has 1 saturated heterocycles. The lowest BCUT2D eigenvalue weighted by Crippen LogP contribution is -2.49. The van der Waals surface area contributed by atoms with E-state index in [4.69, 9.17) is 0 Å². The number of rotatable bonds is 3. The molecule has 2 rings (SSSR count). The minimum absolute atomic E-state index is 0.672. The maximum absolute atomic E-state index is 3.43. The third-order valence-electron chi connectivity index (χ3n) is 3.20. The van der Waals surface area contributed by atoms with Gasteiger partial charge in [-0.05, 0) is 30.4 Å². The second-order valence-corrected chi connectivity index (χ2v) is 5.25. The Morgan fingerprint density at radius 1 is 1.60 bits per heavy atom. The number of hydrogen-bond donors (Lipinski definition) is 1. The average molecular weight is 224 g/mol. The van der Waals surface area contributed by atoms with Crippen LogP contribution in [0.4, 0.5) is 0 Å². The zero-order chi connectivity index (χ0) is 10.7. The van der Waals surface area contributed by atoms with E-state index in [1.165, 1.54) is 18.5 Å². The highest BCUT2D eigenvalue weighted by molar-refractivity contribution is 7.10. The maximum Gasteiger partial charge on any atom is 0.0334 e. The molecule has 0 aromatic carbocycles. The quantitative estimate of drug-likeness (QED) is 0.846. The Balaban J connectivity index is 2.01. The Labute approximate surface area is 96.3 Å². The molecule has 3 heteroatoms. The number of hydrogen-bond acceptors (Lipinski definition) is 3. The molecule has 15 heavy (non-hydrogen) atoms. The topological polar surface area (TPSA) is 15.3 Å². The fraction of sp³-hybridized carbons (Fsp3) is 0.667. The molecule has 1 fully saturated rings. The molecule has 1 atom stereocenters. The van der Waals surface area contributed by atoms with Gasteiger partial charge in [-0.25, -0.2) is 0 Å². The molecule has 1 aromatic rings. The lowest BCUT2D eigenvalue weighted by atomic mass is 10.1. The molecule has 0 radical (unpaired) electrons. The summed E-state index contributed by atoms with van der Waals surface area (Å²) in [5, 5.41) is 5.66. The van der Waals surface area contributed by atoms with E-state index in [0.717, 1.165) is 19.6 Å². The van der Waals surface area contributed by atoms with Crippen molar-refractivity contribution < 1.29 is 0 Å². The van der Waals surface area contributed by atoms with Crippen LogP contribution in [0, 0.1) is 0 Å². The van der Waals surface area contributed by atoms with Crippen LogP contribution in [0.2, 0.25) is 0 Å². The first-order chi connectivity index (χ1) is 7.31. The predicted octanol–water partition coefficient (Wildman–Crippen LogP) is 2.10. The van der Waals surface area contributed by atoms with E-state index in [1.54, 1.807) is 4.88 Å². The van der Waals surface area contributed by atoms with Crippen molar-refractivity contribution in [2.45, 2.75) is 32.9 Å². The van der Waals surface area contributed by atoms with Crippen molar-refractivity contribution in [1.82, 2.24) is 10.2 Å². The molecule has 0 bridgehead atoms. The lowest BCUT2D eigenvalue weighted by molar-refractivity contribution is 0.167. The Hall–Kier alpha value is -0.380. The van der Waals surface area contributed by atoms with E-state index in [9.17, 15) is 0 Å². The monoisotopic (exact) mass is 224 g/mol. The molecule has 0 amide bonds. The van der Waals surface area contributed by atoms with Gasteiger partial charge in [0.1, 0.15) is 0 Å². The summed E-state index contributed by atoms with van der Waals surface area (Å²) in [6.45, 7) is 9.15. The summed E-state index contributed by atoms with van der Waals surface area (Å²) in [5.74, 6) is 0. The fourth-order valence-corrected chi connectivity index (χ4v) is 3.12. The van der Waals surface area contributed by atoms with Gasteiger partial charge in [0, 0.05) is 37.1 Å². The second-order valence-electron chi connectivity index (χ2n) is 4.25.